The minimum atomic E-state index is 0.504. The lowest BCUT2D eigenvalue weighted by Gasteiger charge is -2.09. The number of aromatic amines is 1. The third kappa shape index (κ3) is 2.17. The number of anilines is 1. The van der Waals surface area contributed by atoms with Crippen LogP contribution in [0.15, 0.2) is 42.5 Å². The summed E-state index contributed by atoms with van der Waals surface area (Å²) in [6, 6.07) is 14.8. The Balaban J connectivity index is 1.64. The molecule has 1 saturated carbocycles. The Kier molecular flexibility index (Phi) is 2.70. The molecule has 0 aliphatic heterocycles. The van der Waals surface area contributed by atoms with Crippen molar-refractivity contribution in [2.45, 2.75) is 18.3 Å². The highest BCUT2D eigenvalue weighted by atomic mass is 15.2. The minimum Gasteiger partial charge on any atom is -0.363 e. The quantitative estimate of drug-likeness (QED) is 0.799. The number of pyridine rings is 1. The van der Waals surface area contributed by atoms with E-state index in [1.54, 1.807) is 0 Å². The highest BCUT2D eigenvalue weighted by molar-refractivity contribution is 5.73. The lowest BCUT2D eigenvalue weighted by Crippen LogP contribution is -2.10. The zero-order valence-electron chi connectivity index (χ0n) is 12.2. The van der Waals surface area contributed by atoms with Crippen LogP contribution in [0, 0.1) is 0 Å². The lowest BCUT2D eigenvalue weighted by molar-refractivity contribution is 0.936. The molecule has 2 heterocycles. The van der Waals surface area contributed by atoms with E-state index >= 15 is 0 Å². The molecule has 2 atom stereocenters. The van der Waals surface area contributed by atoms with Crippen LogP contribution in [-0.4, -0.2) is 29.0 Å². The zero-order chi connectivity index (χ0) is 14.4. The first-order valence-electron chi connectivity index (χ1n) is 7.31. The van der Waals surface area contributed by atoms with Crippen molar-refractivity contribution in [1.82, 2.24) is 15.0 Å². The Morgan fingerprint density at radius 2 is 1.81 bits per heavy atom. The van der Waals surface area contributed by atoms with Crippen molar-refractivity contribution in [3.8, 4) is 0 Å². The molecule has 0 bridgehead atoms. The minimum absolute atomic E-state index is 0.504. The Morgan fingerprint density at radius 3 is 2.57 bits per heavy atom. The van der Waals surface area contributed by atoms with E-state index in [0.717, 1.165) is 22.8 Å². The number of hydrogen-bond donors (Lipinski definition) is 1. The maximum Gasteiger partial charge on any atom is 0.179 e. The fraction of sp³-hybridized carbons (Fsp3) is 0.294. The van der Waals surface area contributed by atoms with Crippen LogP contribution in [0.5, 0.6) is 0 Å². The number of nitrogens with one attached hydrogen (secondary N) is 1. The maximum absolute atomic E-state index is 4.70. The molecular weight excluding hydrogens is 260 g/mol. The summed E-state index contributed by atoms with van der Waals surface area (Å²) in [6.45, 7) is 0. The van der Waals surface area contributed by atoms with Gasteiger partial charge in [0.25, 0.3) is 0 Å². The molecule has 0 spiro atoms. The SMILES string of the molecule is CN(C)c1ccc2[nH]c(C3CC3c3ccccc3)nc2n1. The van der Waals surface area contributed by atoms with E-state index in [1.165, 1.54) is 12.0 Å². The van der Waals surface area contributed by atoms with Gasteiger partial charge in [-0.05, 0) is 30.0 Å². The highest BCUT2D eigenvalue weighted by Gasteiger charge is 2.41. The van der Waals surface area contributed by atoms with Crippen LogP contribution in [0.4, 0.5) is 5.82 Å². The number of aromatic nitrogens is 3. The Labute approximate surface area is 123 Å². The second-order valence-electron chi connectivity index (χ2n) is 5.92. The van der Waals surface area contributed by atoms with Gasteiger partial charge in [-0.25, -0.2) is 9.97 Å². The van der Waals surface area contributed by atoms with Crippen molar-refractivity contribution in [2.75, 3.05) is 19.0 Å². The number of hydrogen-bond acceptors (Lipinski definition) is 3. The van der Waals surface area contributed by atoms with Gasteiger partial charge in [-0.15, -0.1) is 0 Å². The summed E-state index contributed by atoms with van der Waals surface area (Å²) < 4.78 is 0. The van der Waals surface area contributed by atoms with Crippen LogP contribution in [0.25, 0.3) is 11.2 Å². The van der Waals surface area contributed by atoms with Crippen LogP contribution < -0.4 is 4.90 Å². The molecule has 1 fully saturated rings. The Hall–Kier alpha value is -2.36. The van der Waals surface area contributed by atoms with E-state index in [2.05, 4.69) is 46.4 Å². The van der Waals surface area contributed by atoms with Gasteiger partial charge in [0.1, 0.15) is 11.6 Å². The molecule has 1 aliphatic carbocycles. The van der Waals surface area contributed by atoms with Crippen molar-refractivity contribution in [1.29, 1.82) is 0 Å². The molecule has 106 valence electrons. The zero-order valence-corrected chi connectivity index (χ0v) is 12.2. The van der Waals surface area contributed by atoms with Gasteiger partial charge in [-0.2, -0.15) is 0 Å². The molecule has 0 amide bonds. The number of rotatable bonds is 3. The summed E-state index contributed by atoms with van der Waals surface area (Å²) in [7, 11) is 3.99. The van der Waals surface area contributed by atoms with Gasteiger partial charge in [0.05, 0.1) is 5.52 Å². The normalized spacial score (nSPS) is 20.7. The second kappa shape index (κ2) is 4.58. The third-order valence-electron chi connectivity index (χ3n) is 4.18. The summed E-state index contributed by atoms with van der Waals surface area (Å²) in [5.41, 5.74) is 3.24. The number of imidazole rings is 1. The molecule has 4 heteroatoms. The molecule has 2 unspecified atom stereocenters. The molecule has 21 heavy (non-hydrogen) atoms. The van der Waals surface area contributed by atoms with Crippen LogP contribution >= 0.6 is 0 Å². The van der Waals surface area contributed by atoms with E-state index in [9.17, 15) is 0 Å². The van der Waals surface area contributed by atoms with Gasteiger partial charge in [0, 0.05) is 20.0 Å². The monoisotopic (exact) mass is 278 g/mol. The smallest absolute Gasteiger partial charge is 0.179 e. The van der Waals surface area contributed by atoms with E-state index in [4.69, 9.17) is 4.98 Å². The second-order valence-corrected chi connectivity index (χ2v) is 5.92. The molecule has 0 saturated heterocycles. The van der Waals surface area contributed by atoms with Gasteiger partial charge in [-0.3, -0.25) is 0 Å². The third-order valence-corrected chi connectivity index (χ3v) is 4.18. The molecule has 3 aromatic rings. The summed E-state index contributed by atoms with van der Waals surface area (Å²) in [4.78, 5) is 14.7. The predicted octanol–water partition coefficient (Wildman–Crippen LogP) is 3.30. The summed E-state index contributed by atoms with van der Waals surface area (Å²) >= 11 is 0. The summed E-state index contributed by atoms with van der Waals surface area (Å²) in [5, 5.41) is 0. The highest BCUT2D eigenvalue weighted by Crippen LogP contribution is 2.53. The van der Waals surface area contributed by atoms with Gasteiger partial charge in [0.15, 0.2) is 5.65 Å². The maximum atomic E-state index is 4.70. The van der Waals surface area contributed by atoms with Gasteiger partial charge < -0.3 is 9.88 Å². The van der Waals surface area contributed by atoms with Gasteiger partial charge >= 0.3 is 0 Å². The van der Waals surface area contributed by atoms with E-state index < -0.39 is 0 Å². The summed E-state index contributed by atoms with van der Waals surface area (Å²) in [5.74, 6) is 3.11. The van der Waals surface area contributed by atoms with E-state index in [-0.39, 0.29) is 0 Å². The van der Waals surface area contributed by atoms with E-state index in [1.807, 2.05) is 25.1 Å². The van der Waals surface area contributed by atoms with Crippen molar-refractivity contribution in [3.05, 3.63) is 53.9 Å². The topological polar surface area (TPSA) is 44.8 Å². The van der Waals surface area contributed by atoms with Crippen molar-refractivity contribution >= 4 is 17.0 Å². The van der Waals surface area contributed by atoms with Crippen molar-refractivity contribution < 1.29 is 0 Å². The average Bonchev–Trinajstić information content (AvgIpc) is 3.19. The molecule has 1 N–H and O–H groups in total. The molecule has 4 rings (SSSR count). The number of benzene rings is 1. The van der Waals surface area contributed by atoms with Crippen molar-refractivity contribution in [3.63, 3.8) is 0 Å². The standard InChI is InChI=1S/C17H18N4/c1-21(2)15-9-8-14-17(19-15)20-16(18-14)13-10-12(13)11-6-4-3-5-7-11/h3-9,12-13H,10H2,1-2H3,(H,18,19,20). The molecule has 4 nitrogen and oxygen atoms in total. The fourth-order valence-electron chi connectivity index (χ4n) is 2.89. The largest absolute Gasteiger partial charge is 0.363 e. The molecular formula is C17H18N4. The van der Waals surface area contributed by atoms with E-state index in [0.29, 0.717) is 11.8 Å². The number of H-pyrrole nitrogens is 1. The predicted molar refractivity (Wildman–Crippen MR) is 84.8 cm³/mol. The lowest BCUT2D eigenvalue weighted by atomic mass is 10.1. The molecule has 0 radical (unpaired) electrons. The first kappa shape index (κ1) is 12.4. The van der Waals surface area contributed by atoms with Gasteiger partial charge in [0.2, 0.25) is 0 Å². The Bertz CT molecular complexity index is 776. The Morgan fingerprint density at radius 1 is 1.00 bits per heavy atom. The number of nitrogens with zero attached hydrogens (tertiary/aromatic N) is 3. The molecule has 1 aliphatic rings. The average molecular weight is 278 g/mol. The fourth-order valence-corrected chi connectivity index (χ4v) is 2.89. The molecule has 2 aromatic heterocycles. The molecule has 1 aromatic carbocycles. The first-order valence-corrected chi connectivity index (χ1v) is 7.31. The van der Waals surface area contributed by atoms with Crippen molar-refractivity contribution in [2.24, 2.45) is 0 Å². The van der Waals surface area contributed by atoms with Gasteiger partial charge in [-0.1, -0.05) is 30.3 Å². The number of fused-ring (bicyclic) bond motifs is 1. The van der Waals surface area contributed by atoms with Crippen LogP contribution in [0.2, 0.25) is 0 Å². The van der Waals surface area contributed by atoms with Crippen LogP contribution in [0.3, 0.4) is 0 Å². The van der Waals surface area contributed by atoms with Crippen LogP contribution in [-0.2, 0) is 0 Å². The summed E-state index contributed by atoms with van der Waals surface area (Å²) in [6.07, 6.45) is 1.17. The first-order chi connectivity index (χ1) is 10.2. The van der Waals surface area contributed by atoms with Crippen LogP contribution in [0.1, 0.15) is 29.6 Å².